The van der Waals surface area contributed by atoms with Crippen molar-refractivity contribution < 1.29 is 14.2 Å². The zero-order valence-electron chi connectivity index (χ0n) is 21.0. The van der Waals surface area contributed by atoms with E-state index in [-0.39, 0.29) is 24.9 Å². The highest BCUT2D eigenvalue weighted by Crippen LogP contribution is 2.33. The Morgan fingerprint density at radius 2 is 2.00 bits per heavy atom. The number of aliphatic imine (C=N–C) groups is 1. The minimum Gasteiger partial charge on any atom is -0.496 e. The van der Waals surface area contributed by atoms with Gasteiger partial charge in [0.1, 0.15) is 22.9 Å². The van der Waals surface area contributed by atoms with E-state index in [0.29, 0.717) is 47.5 Å². The van der Waals surface area contributed by atoms with Gasteiger partial charge in [-0.2, -0.15) is 4.98 Å². The number of halogens is 1. The molecule has 0 spiro atoms. The topological polar surface area (TPSA) is 126 Å². The number of hydrogen-bond donors (Lipinski definition) is 3. The van der Waals surface area contributed by atoms with Gasteiger partial charge < -0.3 is 31.1 Å². The Morgan fingerprint density at radius 1 is 1.26 bits per heavy atom. The van der Waals surface area contributed by atoms with E-state index in [9.17, 15) is 5.11 Å². The van der Waals surface area contributed by atoms with Crippen molar-refractivity contribution in [2.75, 3.05) is 63.3 Å². The van der Waals surface area contributed by atoms with E-state index in [1.54, 1.807) is 13.2 Å². The minimum absolute atomic E-state index is 0.0386. The lowest BCUT2D eigenvalue weighted by Gasteiger charge is -2.29. The Labute approximate surface area is 207 Å². The molecule has 3 rings (SSSR count). The third-order valence-corrected chi connectivity index (χ3v) is 6.47. The number of ether oxygens (including phenoxy) is 1. The molecule has 0 atom stereocenters. The van der Waals surface area contributed by atoms with Crippen LogP contribution < -0.4 is 21.1 Å². The van der Waals surface area contributed by atoms with Crippen LogP contribution in [-0.4, -0.2) is 73.1 Å². The molecule has 9 nitrogen and oxygen atoms in total. The largest absolute Gasteiger partial charge is 0.496 e. The van der Waals surface area contributed by atoms with Crippen LogP contribution in [0.1, 0.15) is 55.3 Å². The van der Waals surface area contributed by atoms with Crippen LogP contribution in [-0.2, 0) is 6.54 Å². The first kappa shape index (κ1) is 26.6. The molecule has 10 heteroatoms. The van der Waals surface area contributed by atoms with Crippen LogP contribution in [0.4, 0.5) is 21.8 Å². The fourth-order valence-corrected chi connectivity index (χ4v) is 4.39. The van der Waals surface area contributed by atoms with E-state index in [4.69, 9.17) is 16.2 Å². The molecule has 1 aliphatic heterocycles. The summed E-state index contributed by atoms with van der Waals surface area (Å²) in [7, 11) is 3.65. The minimum atomic E-state index is -0.333. The number of nitrogens with zero attached hydrogens (tertiary/aromatic N) is 5. The van der Waals surface area contributed by atoms with E-state index in [0.717, 1.165) is 44.3 Å². The molecule has 1 aromatic heterocycles. The molecule has 0 bridgehead atoms. The molecule has 5 N–H and O–H groups in total. The third-order valence-electron chi connectivity index (χ3n) is 6.47. The number of rotatable bonds is 11. The van der Waals surface area contributed by atoms with Gasteiger partial charge in [0.15, 0.2) is 5.82 Å². The molecular formula is C25H38FN7O2. The maximum atomic E-state index is 15.1. The predicted molar refractivity (Wildman–Crippen MR) is 139 cm³/mol. The van der Waals surface area contributed by atoms with E-state index >= 15 is 4.39 Å². The van der Waals surface area contributed by atoms with Crippen molar-refractivity contribution in [1.29, 1.82) is 0 Å². The van der Waals surface area contributed by atoms with Crippen molar-refractivity contribution in [3.8, 4) is 5.75 Å². The molecule has 1 fully saturated rings. The molecule has 0 radical (unpaired) electrons. The molecule has 0 aliphatic carbocycles. The average molecular weight is 488 g/mol. The molecular weight excluding hydrogens is 449 g/mol. The normalized spacial score (nSPS) is 15.1. The fourth-order valence-electron chi connectivity index (χ4n) is 4.39. The van der Waals surface area contributed by atoms with Crippen molar-refractivity contribution >= 4 is 23.7 Å². The highest BCUT2D eigenvalue weighted by molar-refractivity contribution is 5.89. The number of methoxy groups -OCH3 is 1. The summed E-state index contributed by atoms with van der Waals surface area (Å²) >= 11 is 0. The van der Waals surface area contributed by atoms with E-state index in [1.807, 2.05) is 11.0 Å². The number of anilines is 3. The molecule has 2 heterocycles. The number of aromatic nitrogens is 2. The Hall–Kier alpha value is -2.98. The van der Waals surface area contributed by atoms with Crippen molar-refractivity contribution in [2.45, 2.75) is 45.1 Å². The van der Waals surface area contributed by atoms with Crippen LogP contribution in [0.5, 0.6) is 5.75 Å². The average Bonchev–Trinajstić information content (AvgIpc) is 2.84. The molecule has 0 unspecified atom stereocenters. The summed E-state index contributed by atoms with van der Waals surface area (Å²) in [5, 5.41) is 9.45. The molecule has 1 aliphatic rings. The maximum Gasteiger partial charge on any atom is 0.222 e. The monoisotopic (exact) mass is 487 g/mol. The maximum absolute atomic E-state index is 15.1. The molecule has 2 aromatic rings. The van der Waals surface area contributed by atoms with Crippen LogP contribution in [0.3, 0.4) is 0 Å². The second kappa shape index (κ2) is 12.6. The van der Waals surface area contributed by atoms with Crippen LogP contribution in [0.25, 0.3) is 0 Å². The second-order valence-corrected chi connectivity index (χ2v) is 9.00. The van der Waals surface area contributed by atoms with Gasteiger partial charge in [-0.3, -0.25) is 4.99 Å². The molecule has 35 heavy (non-hydrogen) atoms. The summed E-state index contributed by atoms with van der Waals surface area (Å²) < 4.78 is 20.6. The number of nitrogen functional groups attached to an aromatic ring is 2. The predicted octanol–water partition coefficient (Wildman–Crippen LogP) is 2.82. The molecule has 0 saturated carbocycles. The second-order valence-electron chi connectivity index (χ2n) is 9.00. The lowest BCUT2D eigenvalue weighted by molar-refractivity contribution is 0.255. The van der Waals surface area contributed by atoms with Gasteiger partial charge in [0.25, 0.3) is 0 Å². The Kier molecular flexibility index (Phi) is 9.62. The first-order valence-corrected chi connectivity index (χ1v) is 12.2. The van der Waals surface area contributed by atoms with Crippen LogP contribution in [0.15, 0.2) is 17.1 Å². The van der Waals surface area contributed by atoms with Crippen LogP contribution in [0.2, 0.25) is 0 Å². The number of aliphatic hydroxyl groups is 1. The van der Waals surface area contributed by atoms with Gasteiger partial charge >= 0.3 is 0 Å². The lowest BCUT2D eigenvalue weighted by Crippen LogP contribution is -2.30. The zero-order valence-corrected chi connectivity index (χ0v) is 21.0. The molecule has 192 valence electrons. The first-order valence-electron chi connectivity index (χ1n) is 12.2. The highest BCUT2D eigenvalue weighted by atomic mass is 19.1. The summed E-state index contributed by atoms with van der Waals surface area (Å²) in [6, 6.07) is 3.54. The van der Waals surface area contributed by atoms with E-state index in [2.05, 4.69) is 33.8 Å². The summed E-state index contributed by atoms with van der Waals surface area (Å²) in [5.41, 5.74) is 14.3. The number of nitrogens with two attached hydrogens (primary N) is 2. The summed E-state index contributed by atoms with van der Waals surface area (Å²) in [5.74, 6) is 0.999. The van der Waals surface area contributed by atoms with Crippen molar-refractivity contribution in [3.05, 3.63) is 34.8 Å². The number of aliphatic hydroxyl groups excluding tert-OH is 1. The van der Waals surface area contributed by atoms with Gasteiger partial charge in [-0.1, -0.05) is 13.3 Å². The number of piperidine rings is 1. The summed E-state index contributed by atoms with van der Waals surface area (Å²) in [6.07, 6.45) is 5.38. The van der Waals surface area contributed by atoms with E-state index in [1.165, 1.54) is 6.21 Å². The van der Waals surface area contributed by atoms with Gasteiger partial charge in [0.2, 0.25) is 5.95 Å². The van der Waals surface area contributed by atoms with Gasteiger partial charge in [-0.25, -0.2) is 9.37 Å². The number of hydrogen-bond acceptors (Lipinski definition) is 9. The number of benzene rings is 1. The molecule has 1 saturated heterocycles. The van der Waals surface area contributed by atoms with Crippen molar-refractivity contribution in [1.82, 2.24) is 14.9 Å². The molecule has 1 aromatic carbocycles. The van der Waals surface area contributed by atoms with Crippen LogP contribution >= 0.6 is 0 Å². The van der Waals surface area contributed by atoms with Gasteiger partial charge in [0, 0.05) is 19.3 Å². The number of unbranched alkanes of at least 4 members (excludes halogenated alkanes) is 1. The molecule has 0 amide bonds. The van der Waals surface area contributed by atoms with Crippen LogP contribution in [0, 0.1) is 5.82 Å². The summed E-state index contributed by atoms with van der Waals surface area (Å²) in [6.45, 7) is 5.17. The van der Waals surface area contributed by atoms with Gasteiger partial charge in [-0.05, 0) is 63.0 Å². The number of likely N-dealkylation sites (tertiary alicyclic amines) is 1. The van der Waals surface area contributed by atoms with Crippen molar-refractivity contribution in [3.63, 3.8) is 0 Å². The Bertz CT molecular complexity index is 1010. The first-order chi connectivity index (χ1) is 16.9. The Balaban J connectivity index is 1.81. The highest BCUT2D eigenvalue weighted by Gasteiger charge is 2.22. The van der Waals surface area contributed by atoms with Crippen molar-refractivity contribution in [2.24, 2.45) is 4.99 Å². The Morgan fingerprint density at radius 3 is 2.66 bits per heavy atom. The quantitative estimate of drug-likeness (QED) is 0.413. The van der Waals surface area contributed by atoms with E-state index < -0.39 is 0 Å². The van der Waals surface area contributed by atoms with Gasteiger partial charge in [-0.15, -0.1) is 0 Å². The fraction of sp³-hybridized carbons (Fsp3) is 0.560. The third kappa shape index (κ3) is 6.79. The lowest BCUT2D eigenvalue weighted by atomic mass is 9.88. The van der Waals surface area contributed by atoms with Gasteiger partial charge in [0.05, 0.1) is 25.8 Å². The smallest absolute Gasteiger partial charge is 0.222 e. The SMILES string of the molecule is CCCCN(CCO)c1nc(N)nc(C=NCc2c(F)cc(C3CCN(C)CC3)cc2OC)c1N. The zero-order chi connectivity index (χ0) is 25.4. The summed E-state index contributed by atoms with van der Waals surface area (Å²) in [4.78, 5) is 17.1. The standard InChI is InChI=1S/C25H38FN7O2/c1-4-5-8-33(11-12-34)24-23(27)21(30-25(28)31-24)16-29-15-19-20(26)13-18(14-22(19)35-3)17-6-9-32(2)10-7-17/h13-14,16-17,34H,4-12,15,27H2,1-3H3,(H2,28,30,31).